The number of esters is 1. The Morgan fingerprint density at radius 3 is 2.70 bits per heavy atom. The third-order valence-electron chi connectivity index (χ3n) is 5.10. The highest BCUT2D eigenvalue weighted by molar-refractivity contribution is 7.18. The summed E-state index contributed by atoms with van der Waals surface area (Å²) in [7, 11) is 0. The lowest BCUT2D eigenvalue weighted by atomic mass is 10.0. The highest BCUT2D eigenvalue weighted by Gasteiger charge is 2.36. The number of aryl methyl sites for hydroxylation is 2. The van der Waals surface area contributed by atoms with Crippen molar-refractivity contribution in [1.82, 2.24) is 9.55 Å². The molecule has 0 radical (unpaired) electrons. The Morgan fingerprint density at radius 2 is 2.00 bits per heavy atom. The molecule has 0 N–H and O–H groups in total. The lowest BCUT2D eigenvalue weighted by Gasteiger charge is -2.27. The van der Waals surface area contributed by atoms with E-state index in [4.69, 9.17) is 9.72 Å². The molecule has 0 amide bonds. The predicted octanol–water partition coefficient (Wildman–Crippen LogP) is 3.91. The van der Waals surface area contributed by atoms with Crippen LogP contribution in [0, 0.1) is 0 Å². The van der Waals surface area contributed by atoms with Crippen molar-refractivity contribution in [2.45, 2.75) is 45.6 Å². The van der Waals surface area contributed by atoms with Gasteiger partial charge in [0.1, 0.15) is 16.2 Å². The van der Waals surface area contributed by atoms with E-state index in [9.17, 15) is 9.59 Å². The van der Waals surface area contributed by atoms with Crippen LogP contribution < -0.4 is 5.56 Å². The molecule has 6 heteroatoms. The summed E-state index contributed by atoms with van der Waals surface area (Å²) < 4.78 is 6.79. The average Bonchev–Trinajstić information content (AvgIpc) is 3.22. The number of carbonyl (C=O) groups is 1. The van der Waals surface area contributed by atoms with Crippen LogP contribution >= 0.6 is 11.3 Å². The van der Waals surface area contributed by atoms with Gasteiger partial charge in [-0.15, -0.1) is 11.3 Å². The lowest BCUT2D eigenvalue weighted by molar-refractivity contribution is -0.152. The van der Waals surface area contributed by atoms with Crippen LogP contribution in [-0.2, 0) is 27.9 Å². The summed E-state index contributed by atoms with van der Waals surface area (Å²) in [5.41, 5.74) is 0.603. The molecule has 0 aliphatic heterocycles. The second-order valence-corrected chi connectivity index (χ2v) is 8.34. The van der Waals surface area contributed by atoms with Crippen LogP contribution in [0.2, 0.25) is 0 Å². The molecule has 0 bridgehead atoms. The number of thiophene rings is 1. The number of hydrogen-bond acceptors (Lipinski definition) is 5. The van der Waals surface area contributed by atoms with Crippen LogP contribution in [0.1, 0.15) is 37.6 Å². The van der Waals surface area contributed by atoms with Gasteiger partial charge in [-0.1, -0.05) is 30.3 Å². The lowest BCUT2D eigenvalue weighted by Crippen LogP contribution is -2.45. The van der Waals surface area contributed by atoms with E-state index in [0.29, 0.717) is 11.2 Å². The SMILES string of the molecule is CCOC(=O)C(C)(C)n1c(-c2ccccc2)nc2sc3c(c2c1=O)CCC3. The number of aromatic nitrogens is 2. The van der Waals surface area contributed by atoms with Crippen molar-refractivity contribution in [2.24, 2.45) is 0 Å². The fraction of sp³-hybridized carbons (Fsp3) is 0.381. The van der Waals surface area contributed by atoms with Gasteiger partial charge < -0.3 is 4.74 Å². The summed E-state index contributed by atoms with van der Waals surface area (Å²) in [6, 6.07) is 9.55. The fourth-order valence-corrected chi connectivity index (χ4v) is 4.99. The Balaban J connectivity index is 2.06. The molecule has 0 spiro atoms. The average molecular weight is 382 g/mol. The van der Waals surface area contributed by atoms with E-state index in [1.54, 1.807) is 32.1 Å². The molecule has 0 unspecified atom stereocenters. The number of fused-ring (bicyclic) bond motifs is 3. The van der Waals surface area contributed by atoms with Crippen molar-refractivity contribution < 1.29 is 9.53 Å². The first-order valence-corrected chi connectivity index (χ1v) is 10.1. The first-order valence-electron chi connectivity index (χ1n) is 9.25. The summed E-state index contributed by atoms with van der Waals surface area (Å²) in [6.07, 6.45) is 2.97. The highest BCUT2D eigenvalue weighted by Crippen LogP contribution is 2.36. The van der Waals surface area contributed by atoms with Gasteiger partial charge in [0.2, 0.25) is 0 Å². The van der Waals surface area contributed by atoms with Crippen molar-refractivity contribution in [3.8, 4) is 11.4 Å². The molecule has 1 aliphatic carbocycles. The molecule has 3 aromatic rings. The maximum atomic E-state index is 13.6. The zero-order valence-electron chi connectivity index (χ0n) is 15.7. The molecule has 1 aromatic carbocycles. The number of benzene rings is 1. The van der Waals surface area contributed by atoms with Gasteiger partial charge in [0.25, 0.3) is 5.56 Å². The van der Waals surface area contributed by atoms with Gasteiger partial charge in [0.05, 0.1) is 12.0 Å². The molecule has 4 rings (SSSR count). The maximum absolute atomic E-state index is 13.6. The molecule has 2 aromatic heterocycles. The number of rotatable bonds is 4. The monoisotopic (exact) mass is 382 g/mol. The van der Waals surface area contributed by atoms with Crippen molar-refractivity contribution in [1.29, 1.82) is 0 Å². The van der Waals surface area contributed by atoms with Crippen LogP contribution in [0.5, 0.6) is 0 Å². The minimum absolute atomic E-state index is 0.156. The Labute approximate surface area is 161 Å². The fourth-order valence-electron chi connectivity index (χ4n) is 3.74. The van der Waals surface area contributed by atoms with Crippen LogP contribution in [0.3, 0.4) is 0 Å². The van der Waals surface area contributed by atoms with Crippen LogP contribution in [-0.4, -0.2) is 22.1 Å². The van der Waals surface area contributed by atoms with Gasteiger partial charge in [-0.3, -0.25) is 9.36 Å². The topological polar surface area (TPSA) is 61.2 Å². The van der Waals surface area contributed by atoms with E-state index in [0.717, 1.165) is 35.2 Å². The smallest absolute Gasteiger partial charge is 0.331 e. The third kappa shape index (κ3) is 2.79. The molecule has 0 atom stereocenters. The molecule has 2 heterocycles. The van der Waals surface area contributed by atoms with Crippen LogP contribution in [0.15, 0.2) is 35.1 Å². The van der Waals surface area contributed by atoms with Gasteiger partial charge >= 0.3 is 5.97 Å². The molecule has 0 saturated heterocycles. The minimum Gasteiger partial charge on any atom is -0.464 e. The number of carbonyl (C=O) groups excluding carboxylic acids is 1. The van der Waals surface area contributed by atoms with Crippen molar-refractivity contribution in [2.75, 3.05) is 6.61 Å². The van der Waals surface area contributed by atoms with E-state index in [1.165, 1.54) is 9.44 Å². The van der Waals surface area contributed by atoms with E-state index in [-0.39, 0.29) is 12.2 Å². The number of nitrogens with zero attached hydrogens (tertiary/aromatic N) is 2. The molecule has 140 valence electrons. The van der Waals surface area contributed by atoms with E-state index < -0.39 is 11.5 Å². The second-order valence-electron chi connectivity index (χ2n) is 7.26. The zero-order valence-corrected chi connectivity index (χ0v) is 16.6. The van der Waals surface area contributed by atoms with Gasteiger partial charge in [0.15, 0.2) is 0 Å². The van der Waals surface area contributed by atoms with Crippen molar-refractivity contribution >= 4 is 27.5 Å². The Bertz CT molecular complexity index is 1080. The van der Waals surface area contributed by atoms with Crippen molar-refractivity contribution in [3.05, 3.63) is 51.1 Å². The zero-order chi connectivity index (χ0) is 19.2. The first kappa shape index (κ1) is 17.9. The van der Waals surface area contributed by atoms with E-state index in [2.05, 4.69) is 0 Å². The molecule has 0 saturated carbocycles. The summed E-state index contributed by atoms with van der Waals surface area (Å²) in [5, 5.41) is 0.671. The van der Waals surface area contributed by atoms with Crippen molar-refractivity contribution in [3.63, 3.8) is 0 Å². The Hall–Kier alpha value is -2.47. The van der Waals surface area contributed by atoms with Gasteiger partial charge in [-0.2, -0.15) is 0 Å². The highest BCUT2D eigenvalue weighted by atomic mass is 32.1. The van der Waals surface area contributed by atoms with Gasteiger partial charge in [0, 0.05) is 10.4 Å². The normalized spacial score (nSPS) is 13.7. The molecule has 5 nitrogen and oxygen atoms in total. The number of ether oxygens (including phenoxy) is 1. The minimum atomic E-state index is -1.16. The summed E-state index contributed by atoms with van der Waals surface area (Å²) >= 11 is 1.61. The Kier molecular flexibility index (Phi) is 4.38. The summed E-state index contributed by atoms with van der Waals surface area (Å²) in [4.78, 5) is 33.2. The van der Waals surface area contributed by atoms with Gasteiger partial charge in [-0.05, 0) is 45.6 Å². The number of hydrogen-bond donors (Lipinski definition) is 0. The molecular weight excluding hydrogens is 360 g/mol. The third-order valence-corrected chi connectivity index (χ3v) is 6.29. The van der Waals surface area contributed by atoms with Crippen LogP contribution in [0.4, 0.5) is 0 Å². The summed E-state index contributed by atoms with van der Waals surface area (Å²) in [5.74, 6) is 0.0726. The van der Waals surface area contributed by atoms with E-state index >= 15 is 0 Å². The Morgan fingerprint density at radius 1 is 1.26 bits per heavy atom. The predicted molar refractivity (Wildman–Crippen MR) is 107 cm³/mol. The van der Waals surface area contributed by atoms with Gasteiger partial charge in [-0.25, -0.2) is 9.78 Å². The molecule has 1 aliphatic rings. The quantitative estimate of drug-likeness (QED) is 0.642. The largest absolute Gasteiger partial charge is 0.464 e. The molecule has 0 fully saturated rings. The van der Waals surface area contributed by atoms with E-state index in [1.807, 2.05) is 30.3 Å². The van der Waals surface area contributed by atoms with Crippen LogP contribution in [0.25, 0.3) is 21.6 Å². The first-order chi connectivity index (χ1) is 12.9. The summed E-state index contributed by atoms with van der Waals surface area (Å²) in [6.45, 7) is 5.47. The standard InChI is InChI=1S/C21H22N2O3S/c1-4-26-20(25)21(2,3)23-17(13-9-6-5-7-10-13)22-18-16(19(23)24)14-11-8-12-15(14)27-18/h5-7,9-10H,4,8,11-12H2,1-3H3. The molecule has 27 heavy (non-hydrogen) atoms. The second kappa shape index (κ2) is 6.60. The molecular formula is C21H22N2O3S. The maximum Gasteiger partial charge on any atom is 0.331 e.